The Labute approximate surface area is 100 Å². The van der Waals surface area contributed by atoms with E-state index in [0.717, 1.165) is 22.6 Å². The van der Waals surface area contributed by atoms with Crippen LogP contribution >= 0.6 is 24.8 Å². The molecule has 4 nitrogen and oxygen atoms in total. The number of ether oxygens (including phenoxy) is 1. The number of aromatic nitrogens is 2. The lowest BCUT2D eigenvalue weighted by atomic mass is 10.3. The molecular weight excluding hydrogens is 237 g/mol. The molecule has 0 radical (unpaired) electrons. The van der Waals surface area contributed by atoms with Gasteiger partial charge in [-0.2, -0.15) is 0 Å². The van der Waals surface area contributed by atoms with Crippen LogP contribution in [-0.2, 0) is 6.54 Å². The van der Waals surface area contributed by atoms with Crippen molar-refractivity contribution in [1.29, 1.82) is 0 Å². The number of para-hydroxylation sites is 1. The van der Waals surface area contributed by atoms with E-state index in [1.54, 1.807) is 7.11 Å². The number of fused-ring (bicyclic) bond motifs is 1. The third-order valence-electron chi connectivity index (χ3n) is 1.94. The first-order chi connectivity index (χ1) is 6.35. The number of nitrogens with zero attached hydrogens (tertiary/aromatic N) is 1. The molecular formula is C9H13Cl2N3O. The Balaban J connectivity index is 0.000000980. The van der Waals surface area contributed by atoms with Gasteiger partial charge in [0.1, 0.15) is 17.1 Å². The van der Waals surface area contributed by atoms with Gasteiger partial charge in [-0.3, -0.25) is 0 Å². The third kappa shape index (κ3) is 2.53. The van der Waals surface area contributed by atoms with Crippen molar-refractivity contribution in [2.24, 2.45) is 5.73 Å². The monoisotopic (exact) mass is 249 g/mol. The van der Waals surface area contributed by atoms with E-state index in [1.165, 1.54) is 0 Å². The van der Waals surface area contributed by atoms with E-state index >= 15 is 0 Å². The molecule has 84 valence electrons. The quantitative estimate of drug-likeness (QED) is 0.855. The Bertz CT molecular complexity index is 430. The molecule has 1 aromatic heterocycles. The van der Waals surface area contributed by atoms with Gasteiger partial charge in [0.2, 0.25) is 0 Å². The summed E-state index contributed by atoms with van der Waals surface area (Å²) in [6.07, 6.45) is 0. The molecule has 0 atom stereocenters. The standard InChI is InChI=1S/C9H11N3O.2ClH/c1-13-7-4-2-3-6-9(7)12-8(5-10)11-6;;/h2-4H,5,10H2,1H3,(H,11,12);2*1H. The molecule has 0 spiro atoms. The zero-order valence-electron chi connectivity index (χ0n) is 8.19. The van der Waals surface area contributed by atoms with Crippen molar-refractivity contribution in [3.05, 3.63) is 24.0 Å². The SMILES string of the molecule is COc1cccc2[nH]c(CN)nc12.Cl.Cl. The zero-order chi connectivity index (χ0) is 9.26. The van der Waals surface area contributed by atoms with Crippen LogP contribution in [0.1, 0.15) is 5.82 Å². The van der Waals surface area contributed by atoms with E-state index in [9.17, 15) is 0 Å². The Morgan fingerprint density at radius 1 is 1.40 bits per heavy atom. The fourth-order valence-corrected chi connectivity index (χ4v) is 1.32. The van der Waals surface area contributed by atoms with Gasteiger partial charge in [-0.15, -0.1) is 24.8 Å². The van der Waals surface area contributed by atoms with Gasteiger partial charge in [0.15, 0.2) is 0 Å². The van der Waals surface area contributed by atoms with Crippen LogP contribution in [0.3, 0.4) is 0 Å². The molecule has 3 N–H and O–H groups in total. The van der Waals surface area contributed by atoms with Crippen molar-refractivity contribution in [3.8, 4) is 5.75 Å². The maximum absolute atomic E-state index is 5.47. The molecule has 0 fully saturated rings. The molecule has 6 heteroatoms. The fraction of sp³-hybridized carbons (Fsp3) is 0.222. The summed E-state index contributed by atoms with van der Waals surface area (Å²) >= 11 is 0. The predicted molar refractivity (Wildman–Crippen MR) is 65.0 cm³/mol. The van der Waals surface area contributed by atoms with Gasteiger partial charge in [-0.25, -0.2) is 4.98 Å². The van der Waals surface area contributed by atoms with Crippen LogP contribution < -0.4 is 10.5 Å². The summed E-state index contributed by atoms with van der Waals surface area (Å²) in [7, 11) is 1.63. The van der Waals surface area contributed by atoms with E-state index in [-0.39, 0.29) is 24.8 Å². The lowest BCUT2D eigenvalue weighted by Crippen LogP contribution is -1.97. The number of hydrogen-bond acceptors (Lipinski definition) is 3. The summed E-state index contributed by atoms with van der Waals surface area (Å²) in [5.74, 6) is 1.55. The Morgan fingerprint density at radius 3 is 2.73 bits per heavy atom. The largest absolute Gasteiger partial charge is 0.494 e. The van der Waals surface area contributed by atoms with Gasteiger partial charge in [0, 0.05) is 0 Å². The normalized spacial score (nSPS) is 9.20. The topological polar surface area (TPSA) is 63.9 Å². The smallest absolute Gasteiger partial charge is 0.146 e. The molecule has 1 heterocycles. The van der Waals surface area contributed by atoms with Gasteiger partial charge in [-0.1, -0.05) is 6.07 Å². The first-order valence-electron chi connectivity index (χ1n) is 4.07. The highest BCUT2D eigenvalue weighted by Gasteiger charge is 2.05. The number of methoxy groups -OCH3 is 1. The highest BCUT2D eigenvalue weighted by molar-refractivity contribution is 5.85. The average Bonchev–Trinajstić information content (AvgIpc) is 2.59. The maximum atomic E-state index is 5.47. The minimum atomic E-state index is 0. The van der Waals surface area contributed by atoms with E-state index < -0.39 is 0 Å². The molecule has 0 saturated heterocycles. The number of nitrogens with two attached hydrogens (primary N) is 1. The highest BCUT2D eigenvalue weighted by Crippen LogP contribution is 2.22. The molecule has 0 amide bonds. The van der Waals surface area contributed by atoms with Crippen molar-refractivity contribution in [1.82, 2.24) is 9.97 Å². The summed E-state index contributed by atoms with van der Waals surface area (Å²) in [5.41, 5.74) is 7.27. The minimum Gasteiger partial charge on any atom is -0.494 e. The van der Waals surface area contributed by atoms with Crippen molar-refractivity contribution < 1.29 is 4.74 Å². The van der Waals surface area contributed by atoms with Gasteiger partial charge in [0.25, 0.3) is 0 Å². The van der Waals surface area contributed by atoms with Gasteiger partial charge in [0.05, 0.1) is 19.2 Å². The second-order valence-electron chi connectivity index (χ2n) is 2.74. The lowest BCUT2D eigenvalue weighted by Gasteiger charge is -1.97. The summed E-state index contributed by atoms with van der Waals surface area (Å²) in [6, 6.07) is 5.74. The molecule has 2 aromatic rings. The van der Waals surface area contributed by atoms with Crippen molar-refractivity contribution in [2.45, 2.75) is 6.54 Å². The molecule has 0 saturated carbocycles. The van der Waals surface area contributed by atoms with Crippen LogP contribution in [0.5, 0.6) is 5.75 Å². The van der Waals surface area contributed by atoms with Crippen LogP contribution in [0.15, 0.2) is 18.2 Å². The predicted octanol–water partition coefficient (Wildman–Crippen LogP) is 1.87. The molecule has 1 aromatic carbocycles. The number of hydrogen-bond donors (Lipinski definition) is 2. The van der Waals surface area contributed by atoms with E-state index in [0.29, 0.717) is 6.54 Å². The first-order valence-corrected chi connectivity index (χ1v) is 4.07. The van der Waals surface area contributed by atoms with Crippen LogP contribution in [-0.4, -0.2) is 17.1 Å². The lowest BCUT2D eigenvalue weighted by molar-refractivity contribution is 0.419. The van der Waals surface area contributed by atoms with E-state index in [2.05, 4.69) is 9.97 Å². The molecule has 0 bridgehead atoms. The fourth-order valence-electron chi connectivity index (χ4n) is 1.32. The van der Waals surface area contributed by atoms with Gasteiger partial charge < -0.3 is 15.5 Å². The molecule has 2 rings (SSSR count). The number of aromatic amines is 1. The van der Waals surface area contributed by atoms with Crippen molar-refractivity contribution in [2.75, 3.05) is 7.11 Å². The number of H-pyrrole nitrogens is 1. The van der Waals surface area contributed by atoms with Crippen LogP contribution in [0.25, 0.3) is 11.0 Å². The molecule has 0 aliphatic rings. The van der Waals surface area contributed by atoms with E-state index in [4.69, 9.17) is 10.5 Å². The number of rotatable bonds is 2. The third-order valence-corrected chi connectivity index (χ3v) is 1.94. The second-order valence-corrected chi connectivity index (χ2v) is 2.74. The molecule has 15 heavy (non-hydrogen) atoms. The molecule has 0 aliphatic carbocycles. The van der Waals surface area contributed by atoms with E-state index in [1.807, 2.05) is 18.2 Å². The Morgan fingerprint density at radius 2 is 2.13 bits per heavy atom. The number of imidazole rings is 1. The zero-order valence-corrected chi connectivity index (χ0v) is 9.82. The van der Waals surface area contributed by atoms with Crippen LogP contribution in [0.4, 0.5) is 0 Å². The molecule has 0 aliphatic heterocycles. The number of benzene rings is 1. The Kier molecular flexibility index (Phi) is 5.43. The van der Waals surface area contributed by atoms with Crippen LogP contribution in [0, 0.1) is 0 Å². The molecule has 0 unspecified atom stereocenters. The summed E-state index contributed by atoms with van der Waals surface area (Å²) < 4.78 is 5.16. The van der Waals surface area contributed by atoms with Crippen molar-refractivity contribution >= 4 is 35.8 Å². The number of nitrogens with one attached hydrogen (secondary N) is 1. The Hall–Kier alpha value is -0.970. The summed E-state index contributed by atoms with van der Waals surface area (Å²) in [5, 5.41) is 0. The average molecular weight is 250 g/mol. The number of halogens is 2. The summed E-state index contributed by atoms with van der Waals surface area (Å²) in [6.45, 7) is 0.415. The second kappa shape index (κ2) is 5.80. The van der Waals surface area contributed by atoms with Gasteiger partial charge in [-0.05, 0) is 12.1 Å². The first kappa shape index (κ1) is 14.0. The summed E-state index contributed by atoms with van der Waals surface area (Å²) in [4.78, 5) is 7.40. The minimum absolute atomic E-state index is 0. The highest BCUT2D eigenvalue weighted by atomic mass is 35.5. The van der Waals surface area contributed by atoms with Crippen LogP contribution in [0.2, 0.25) is 0 Å². The maximum Gasteiger partial charge on any atom is 0.146 e. The van der Waals surface area contributed by atoms with Crippen molar-refractivity contribution in [3.63, 3.8) is 0 Å². The van der Waals surface area contributed by atoms with Gasteiger partial charge >= 0.3 is 0 Å².